The second kappa shape index (κ2) is 4.57. The summed E-state index contributed by atoms with van der Waals surface area (Å²) < 4.78 is 2.90. The minimum absolute atomic E-state index is 0.411. The molecular weight excluding hydrogens is 303 g/mol. The molecule has 0 unspecified atom stereocenters. The van der Waals surface area contributed by atoms with Crippen LogP contribution in [0.3, 0.4) is 0 Å². The fourth-order valence-electron chi connectivity index (χ4n) is 1.29. The Morgan fingerprint density at radius 2 is 2.13 bits per heavy atom. The Balaban J connectivity index is 2.21. The van der Waals surface area contributed by atoms with Crippen molar-refractivity contribution in [2.24, 2.45) is 0 Å². The van der Waals surface area contributed by atoms with Gasteiger partial charge >= 0.3 is 0 Å². The molecule has 2 rings (SSSR count). The van der Waals surface area contributed by atoms with Gasteiger partial charge in [-0.05, 0) is 40.3 Å². The van der Waals surface area contributed by atoms with Crippen LogP contribution in [0.5, 0.6) is 0 Å². The smallest absolute Gasteiger partial charge is 0.185 e. The molecule has 75 valence electrons. The number of carbonyl (C=O) groups excluding carboxylic acids is 1. The standard InChI is InChI=1S/C11H8IN2O/c12-10-3-1-9(2-4-10)7-14-6-5-13-11(14)8-15/h1-5,8H,7H2. The molecule has 0 aliphatic carbocycles. The first-order valence-corrected chi connectivity index (χ1v) is 5.50. The fraction of sp³-hybridized carbons (Fsp3) is 0.0909. The summed E-state index contributed by atoms with van der Waals surface area (Å²) >= 11 is 2.26. The van der Waals surface area contributed by atoms with Crippen LogP contribution in [-0.2, 0) is 6.54 Å². The van der Waals surface area contributed by atoms with Gasteiger partial charge in [-0.1, -0.05) is 12.1 Å². The number of benzene rings is 1. The van der Waals surface area contributed by atoms with Gasteiger partial charge in [0.15, 0.2) is 12.1 Å². The molecule has 4 heteroatoms. The molecule has 0 fully saturated rings. The number of aldehydes is 1. The molecule has 0 saturated carbocycles. The Labute approximate surface area is 101 Å². The third kappa shape index (κ3) is 2.44. The average molecular weight is 311 g/mol. The van der Waals surface area contributed by atoms with E-state index in [1.165, 1.54) is 9.77 Å². The zero-order valence-electron chi connectivity index (χ0n) is 7.85. The van der Waals surface area contributed by atoms with Crippen molar-refractivity contribution >= 4 is 28.9 Å². The molecule has 15 heavy (non-hydrogen) atoms. The molecule has 1 radical (unpaired) electrons. The Morgan fingerprint density at radius 1 is 1.40 bits per heavy atom. The number of halogens is 1. The first-order valence-electron chi connectivity index (χ1n) is 4.42. The topological polar surface area (TPSA) is 34.9 Å². The maximum absolute atomic E-state index is 10.6. The normalized spacial score (nSPS) is 10.2. The highest BCUT2D eigenvalue weighted by Gasteiger charge is 2.01. The van der Waals surface area contributed by atoms with E-state index in [-0.39, 0.29) is 0 Å². The zero-order valence-corrected chi connectivity index (χ0v) is 10.0. The molecule has 3 nitrogen and oxygen atoms in total. The predicted molar refractivity (Wildman–Crippen MR) is 64.7 cm³/mol. The number of rotatable bonds is 3. The Morgan fingerprint density at radius 3 is 2.80 bits per heavy atom. The lowest BCUT2D eigenvalue weighted by Gasteiger charge is -2.03. The Kier molecular flexibility index (Phi) is 3.15. The van der Waals surface area contributed by atoms with Crippen molar-refractivity contribution in [3.63, 3.8) is 0 Å². The first-order chi connectivity index (χ1) is 7.29. The van der Waals surface area contributed by atoms with Crippen molar-refractivity contribution in [1.82, 2.24) is 9.55 Å². The SMILES string of the molecule is O=Cc1nc[c]n1Cc1ccc(I)cc1. The van der Waals surface area contributed by atoms with Crippen LogP contribution in [0, 0.1) is 9.77 Å². The highest BCUT2D eigenvalue weighted by molar-refractivity contribution is 14.1. The van der Waals surface area contributed by atoms with Crippen molar-refractivity contribution in [3.05, 3.63) is 51.6 Å². The van der Waals surface area contributed by atoms with E-state index in [0.717, 1.165) is 11.8 Å². The van der Waals surface area contributed by atoms with Crippen molar-refractivity contribution in [2.45, 2.75) is 6.54 Å². The van der Waals surface area contributed by atoms with Gasteiger partial charge in [-0.3, -0.25) is 4.79 Å². The highest BCUT2D eigenvalue weighted by atomic mass is 127. The van der Waals surface area contributed by atoms with E-state index in [2.05, 4.69) is 33.8 Å². The van der Waals surface area contributed by atoms with Gasteiger partial charge in [-0.25, -0.2) is 4.98 Å². The lowest BCUT2D eigenvalue weighted by atomic mass is 10.2. The monoisotopic (exact) mass is 311 g/mol. The van der Waals surface area contributed by atoms with Crippen molar-refractivity contribution in [2.75, 3.05) is 0 Å². The predicted octanol–water partition coefficient (Wildman–Crippen LogP) is 2.15. The largest absolute Gasteiger partial charge is 0.316 e. The maximum atomic E-state index is 10.6. The lowest BCUT2D eigenvalue weighted by Crippen LogP contribution is -2.03. The summed E-state index contributed by atoms with van der Waals surface area (Å²) in [6.45, 7) is 0.630. The molecule has 0 atom stereocenters. The van der Waals surface area contributed by atoms with E-state index in [4.69, 9.17) is 0 Å². The first kappa shape index (κ1) is 10.4. The summed E-state index contributed by atoms with van der Waals surface area (Å²) in [6, 6.07) is 8.13. The van der Waals surface area contributed by atoms with Crippen LogP contribution in [0.1, 0.15) is 16.2 Å². The van der Waals surface area contributed by atoms with Crippen LogP contribution < -0.4 is 0 Å². The number of imidazole rings is 1. The van der Waals surface area contributed by atoms with E-state index < -0.39 is 0 Å². The minimum Gasteiger partial charge on any atom is -0.316 e. The van der Waals surface area contributed by atoms with E-state index >= 15 is 0 Å². The number of hydrogen-bond donors (Lipinski definition) is 0. The Bertz CT molecular complexity index is 462. The molecule has 0 bridgehead atoms. The summed E-state index contributed by atoms with van der Waals surface area (Å²) in [6.07, 6.45) is 5.14. The van der Waals surface area contributed by atoms with Gasteiger partial charge in [0.2, 0.25) is 0 Å². The summed E-state index contributed by atoms with van der Waals surface area (Å²) in [7, 11) is 0. The number of hydrogen-bond acceptors (Lipinski definition) is 2. The minimum atomic E-state index is 0.411. The van der Waals surface area contributed by atoms with Crippen LogP contribution in [-0.4, -0.2) is 15.8 Å². The molecule has 1 heterocycles. The molecule has 1 aromatic carbocycles. The summed E-state index contributed by atoms with van der Waals surface area (Å²) in [5.74, 6) is 0.411. The van der Waals surface area contributed by atoms with Crippen molar-refractivity contribution in [3.8, 4) is 0 Å². The van der Waals surface area contributed by atoms with Crippen molar-refractivity contribution < 1.29 is 4.79 Å². The van der Waals surface area contributed by atoms with Gasteiger partial charge in [-0.15, -0.1) is 0 Å². The van der Waals surface area contributed by atoms with Gasteiger partial charge in [0.05, 0.1) is 12.4 Å². The van der Waals surface area contributed by atoms with Crippen LogP contribution in [0.4, 0.5) is 0 Å². The molecule has 0 amide bonds. The molecule has 0 spiro atoms. The van der Waals surface area contributed by atoms with E-state index in [9.17, 15) is 4.79 Å². The van der Waals surface area contributed by atoms with E-state index in [1.54, 1.807) is 4.57 Å². The average Bonchev–Trinajstić information content (AvgIpc) is 2.69. The van der Waals surface area contributed by atoms with Crippen molar-refractivity contribution in [1.29, 1.82) is 0 Å². The molecule has 0 aliphatic rings. The van der Waals surface area contributed by atoms with Gasteiger partial charge in [0, 0.05) is 10.1 Å². The molecular formula is C11H8IN2O. The quantitative estimate of drug-likeness (QED) is 0.643. The fourth-order valence-corrected chi connectivity index (χ4v) is 1.65. The van der Waals surface area contributed by atoms with Crippen LogP contribution in [0.25, 0.3) is 0 Å². The van der Waals surface area contributed by atoms with Gasteiger partial charge in [0.25, 0.3) is 0 Å². The Hall–Kier alpha value is -1.17. The number of nitrogens with zero attached hydrogens (tertiary/aromatic N) is 2. The van der Waals surface area contributed by atoms with E-state index in [1.807, 2.05) is 24.3 Å². The van der Waals surface area contributed by atoms with Gasteiger partial charge < -0.3 is 4.57 Å². The summed E-state index contributed by atoms with van der Waals surface area (Å²) in [5, 5.41) is 0. The van der Waals surface area contributed by atoms with Gasteiger partial charge in [-0.2, -0.15) is 0 Å². The third-order valence-corrected chi connectivity index (χ3v) is 2.77. The van der Waals surface area contributed by atoms with E-state index in [0.29, 0.717) is 12.4 Å². The van der Waals surface area contributed by atoms with Gasteiger partial charge in [0.1, 0.15) is 0 Å². The molecule has 1 aromatic heterocycles. The van der Waals surface area contributed by atoms with Crippen LogP contribution in [0.2, 0.25) is 0 Å². The number of carbonyl (C=O) groups is 1. The number of aromatic nitrogens is 2. The second-order valence-electron chi connectivity index (χ2n) is 3.08. The molecule has 0 N–H and O–H groups in total. The summed E-state index contributed by atoms with van der Waals surface area (Å²) in [4.78, 5) is 14.5. The third-order valence-electron chi connectivity index (χ3n) is 2.05. The second-order valence-corrected chi connectivity index (χ2v) is 4.32. The lowest BCUT2D eigenvalue weighted by molar-refractivity contribution is 0.111. The molecule has 0 aliphatic heterocycles. The molecule has 0 saturated heterocycles. The maximum Gasteiger partial charge on any atom is 0.185 e. The van der Waals surface area contributed by atoms with Crippen LogP contribution >= 0.6 is 22.6 Å². The highest BCUT2D eigenvalue weighted by Crippen LogP contribution is 2.08. The molecule has 2 aromatic rings. The zero-order chi connectivity index (χ0) is 10.7. The van der Waals surface area contributed by atoms with Crippen LogP contribution in [0.15, 0.2) is 30.5 Å². The summed E-state index contributed by atoms with van der Waals surface area (Å²) in [5.41, 5.74) is 1.13.